The molecule has 26 heavy (non-hydrogen) atoms. The molecule has 2 aromatic carbocycles. The van der Waals surface area contributed by atoms with Crippen molar-refractivity contribution in [1.29, 1.82) is 0 Å². The van der Waals surface area contributed by atoms with Crippen molar-refractivity contribution in [2.45, 2.75) is 27.2 Å². The number of benzene rings is 2. The third kappa shape index (κ3) is 3.99. The molecule has 1 heterocycles. The summed E-state index contributed by atoms with van der Waals surface area (Å²) in [6.45, 7) is 6.45. The Morgan fingerprint density at radius 2 is 1.85 bits per heavy atom. The fourth-order valence-electron chi connectivity index (χ4n) is 2.94. The highest BCUT2D eigenvalue weighted by Crippen LogP contribution is 2.26. The zero-order valence-corrected chi connectivity index (χ0v) is 15.3. The number of carbonyl (C=O) groups is 2. The maximum Gasteiger partial charge on any atom is 0.245 e. The monoisotopic (exact) mass is 349 g/mol. The van der Waals surface area contributed by atoms with Gasteiger partial charge in [0.1, 0.15) is 0 Å². The number of hydrogen-bond acceptors (Lipinski definition) is 3. The second kappa shape index (κ2) is 7.52. The number of amides is 2. The molecule has 0 saturated carbocycles. The first-order valence-corrected chi connectivity index (χ1v) is 8.71. The molecule has 1 atom stereocenters. The van der Waals surface area contributed by atoms with Crippen LogP contribution in [0.2, 0.25) is 0 Å². The Kier molecular flexibility index (Phi) is 5.16. The molecule has 0 bridgehead atoms. The molecule has 1 aliphatic heterocycles. The van der Waals surface area contributed by atoms with E-state index in [2.05, 4.69) is 10.5 Å². The van der Waals surface area contributed by atoms with E-state index in [0.29, 0.717) is 6.54 Å². The average Bonchev–Trinajstić information content (AvgIpc) is 3.01. The largest absolute Gasteiger partial charge is 0.312 e. The molecule has 1 N–H and O–H groups in total. The molecule has 0 aromatic heterocycles. The molecule has 0 radical (unpaired) electrons. The number of carbonyl (C=O) groups excluding carboxylic acids is 2. The van der Waals surface area contributed by atoms with E-state index in [0.717, 1.165) is 16.8 Å². The van der Waals surface area contributed by atoms with Crippen LogP contribution in [0.3, 0.4) is 0 Å². The summed E-state index contributed by atoms with van der Waals surface area (Å²) in [6.07, 6.45) is 1.81. The van der Waals surface area contributed by atoms with Crippen molar-refractivity contribution in [3.8, 4) is 0 Å². The normalized spacial score (nSPS) is 17.1. The lowest BCUT2D eigenvalue weighted by Gasteiger charge is -2.17. The summed E-state index contributed by atoms with van der Waals surface area (Å²) < 4.78 is 0. The summed E-state index contributed by atoms with van der Waals surface area (Å²) in [6, 6.07) is 13.8. The van der Waals surface area contributed by atoms with Gasteiger partial charge >= 0.3 is 0 Å². The Morgan fingerprint density at radius 1 is 1.12 bits per heavy atom. The van der Waals surface area contributed by atoms with Crippen LogP contribution in [-0.2, 0) is 9.59 Å². The van der Waals surface area contributed by atoms with Gasteiger partial charge in [-0.05, 0) is 49.6 Å². The van der Waals surface area contributed by atoms with E-state index in [1.54, 1.807) is 11.1 Å². The minimum atomic E-state index is -0.390. The lowest BCUT2D eigenvalue weighted by molar-refractivity contribution is -0.126. The Morgan fingerprint density at radius 3 is 2.54 bits per heavy atom. The summed E-state index contributed by atoms with van der Waals surface area (Å²) in [7, 11) is 0. The molecule has 2 aromatic rings. The predicted molar refractivity (Wildman–Crippen MR) is 103 cm³/mol. The average molecular weight is 349 g/mol. The number of hydrazone groups is 1. The molecule has 0 spiro atoms. The van der Waals surface area contributed by atoms with Crippen LogP contribution in [0.5, 0.6) is 0 Å². The first-order valence-electron chi connectivity index (χ1n) is 8.71. The van der Waals surface area contributed by atoms with Crippen LogP contribution in [0.4, 0.5) is 5.69 Å². The Balaban J connectivity index is 1.61. The standard InChI is InChI=1S/C21H23N3O2/c1-14-4-7-17(8-5-14)12-22-23-21(26)18-11-20(25)24(13-18)19-9-6-15(2)16(3)10-19/h4-10,12,18H,11,13H2,1-3H3,(H,23,26)/b22-12-/t18-/m1/s1. The molecule has 134 valence electrons. The van der Waals surface area contributed by atoms with E-state index < -0.39 is 0 Å². The van der Waals surface area contributed by atoms with Gasteiger partial charge in [-0.1, -0.05) is 35.9 Å². The van der Waals surface area contributed by atoms with Gasteiger partial charge in [-0.15, -0.1) is 0 Å². The highest BCUT2D eigenvalue weighted by Gasteiger charge is 2.35. The van der Waals surface area contributed by atoms with Crippen molar-refractivity contribution in [2.24, 2.45) is 11.0 Å². The molecule has 5 nitrogen and oxygen atoms in total. The maximum absolute atomic E-state index is 12.3. The van der Waals surface area contributed by atoms with Gasteiger partial charge in [-0.3, -0.25) is 9.59 Å². The molecular formula is C21H23N3O2. The number of nitrogens with zero attached hydrogens (tertiary/aromatic N) is 2. The minimum absolute atomic E-state index is 0.0316. The second-order valence-corrected chi connectivity index (χ2v) is 6.82. The van der Waals surface area contributed by atoms with Gasteiger partial charge in [0, 0.05) is 18.7 Å². The number of anilines is 1. The minimum Gasteiger partial charge on any atom is -0.312 e. The maximum atomic E-state index is 12.3. The van der Waals surface area contributed by atoms with Crippen molar-refractivity contribution in [2.75, 3.05) is 11.4 Å². The number of nitrogens with one attached hydrogen (secondary N) is 1. The van der Waals surface area contributed by atoms with Crippen molar-refractivity contribution in [3.63, 3.8) is 0 Å². The lowest BCUT2D eigenvalue weighted by Crippen LogP contribution is -2.30. The van der Waals surface area contributed by atoms with Crippen LogP contribution in [-0.4, -0.2) is 24.6 Å². The van der Waals surface area contributed by atoms with Gasteiger partial charge in [-0.25, -0.2) is 5.43 Å². The van der Waals surface area contributed by atoms with Crippen molar-refractivity contribution < 1.29 is 9.59 Å². The van der Waals surface area contributed by atoms with Crippen molar-refractivity contribution >= 4 is 23.7 Å². The van der Waals surface area contributed by atoms with E-state index in [1.807, 2.05) is 63.2 Å². The van der Waals surface area contributed by atoms with E-state index >= 15 is 0 Å². The highest BCUT2D eigenvalue weighted by atomic mass is 16.2. The van der Waals surface area contributed by atoms with Crippen LogP contribution in [0.15, 0.2) is 47.6 Å². The van der Waals surface area contributed by atoms with E-state index in [1.165, 1.54) is 11.1 Å². The zero-order valence-electron chi connectivity index (χ0n) is 15.3. The molecular weight excluding hydrogens is 326 g/mol. The number of hydrogen-bond donors (Lipinski definition) is 1. The Hall–Kier alpha value is -2.95. The summed E-state index contributed by atoms with van der Waals surface area (Å²) in [5.41, 5.74) is 7.79. The van der Waals surface area contributed by atoms with Gasteiger partial charge in [0.05, 0.1) is 12.1 Å². The molecule has 1 saturated heterocycles. The van der Waals surface area contributed by atoms with Gasteiger partial charge in [0.15, 0.2) is 0 Å². The van der Waals surface area contributed by atoms with Crippen LogP contribution in [0.1, 0.15) is 28.7 Å². The first kappa shape index (κ1) is 17.9. The molecule has 5 heteroatoms. The van der Waals surface area contributed by atoms with Gasteiger partial charge in [0.25, 0.3) is 0 Å². The predicted octanol–water partition coefficient (Wildman–Crippen LogP) is 3.12. The molecule has 0 aliphatic carbocycles. The first-order chi connectivity index (χ1) is 12.4. The van der Waals surface area contributed by atoms with Crippen LogP contribution in [0.25, 0.3) is 0 Å². The van der Waals surface area contributed by atoms with E-state index in [4.69, 9.17) is 0 Å². The van der Waals surface area contributed by atoms with Crippen LogP contribution in [0, 0.1) is 26.7 Å². The van der Waals surface area contributed by atoms with Crippen molar-refractivity contribution in [3.05, 3.63) is 64.7 Å². The van der Waals surface area contributed by atoms with Crippen LogP contribution < -0.4 is 10.3 Å². The smallest absolute Gasteiger partial charge is 0.245 e. The summed E-state index contributed by atoms with van der Waals surface area (Å²) in [4.78, 5) is 26.3. The SMILES string of the molecule is Cc1ccc(/C=N\NC(=O)[C@@H]2CC(=O)N(c3ccc(C)c(C)c3)C2)cc1. The summed E-state index contributed by atoms with van der Waals surface area (Å²) >= 11 is 0. The molecule has 2 amide bonds. The number of rotatable bonds is 4. The Labute approximate surface area is 153 Å². The van der Waals surface area contributed by atoms with Crippen molar-refractivity contribution in [1.82, 2.24) is 5.43 Å². The molecule has 1 aliphatic rings. The third-order valence-corrected chi connectivity index (χ3v) is 4.76. The quantitative estimate of drug-likeness (QED) is 0.681. The van der Waals surface area contributed by atoms with E-state index in [9.17, 15) is 9.59 Å². The topological polar surface area (TPSA) is 61.8 Å². The lowest BCUT2D eigenvalue weighted by atomic mass is 10.1. The highest BCUT2D eigenvalue weighted by molar-refractivity contribution is 6.00. The molecule has 1 fully saturated rings. The Bertz CT molecular complexity index is 856. The molecule has 3 rings (SSSR count). The fraction of sp³-hybridized carbons (Fsp3) is 0.286. The van der Waals surface area contributed by atoms with Gasteiger partial charge < -0.3 is 4.90 Å². The fourth-order valence-corrected chi connectivity index (χ4v) is 2.94. The van der Waals surface area contributed by atoms with Gasteiger partial charge in [-0.2, -0.15) is 5.10 Å². The van der Waals surface area contributed by atoms with Gasteiger partial charge in [0.2, 0.25) is 11.8 Å². The van der Waals surface area contributed by atoms with E-state index in [-0.39, 0.29) is 24.2 Å². The zero-order chi connectivity index (χ0) is 18.7. The summed E-state index contributed by atoms with van der Waals surface area (Å²) in [5.74, 6) is -0.650. The second-order valence-electron chi connectivity index (χ2n) is 6.82. The van der Waals surface area contributed by atoms with Crippen LogP contribution >= 0.6 is 0 Å². The molecule has 0 unspecified atom stereocenters. The number of aryl methyl sites for hydroxylation is 3. The summed E-state index contributed by atoms with van der Waals surface area (Å²) in [5, 5.41) is 4.01. The third-order valence-electron chi connectivity index (χ3n) is 4.76.